The van der Waals surface area contributed by atoms with E-state index in [1.807, 2.05) is 24.3 Å². The highest BCUT2D eigenvalue weighted by molar-refractivity contribution is 5.97. The van der Waals surface area contributed by atoms with E-state index in [9.17, 15) is 4.79 Å². The average molecular weight is 266 g/mol. The Morgan fingerprint density at radius 2 is 2.05 bits per heavy atom. The Morgan fingerprint density at radius 1 is 1.20 bits per heavy atom. The van der Waals surface area contributed by atoms with E-state index in [2.05, 4.69) is 20.3 Å². The van der Waals surface area contributed by atoms with E-state index < -0.39 is 0 Å². The van der Waals surface area contributed by atoms with Gasteiger partial charge in [0.15, 0.2) is 0 Å². The van der Waals surface area contributed by atoms with Crippen LogP contribution in [0, 0.1) is 0 Å². The minimum Gasteiger partial charge on any atom is -0.352 e. The van der Waals surface area contributed by atoms with Gasteiger partial charge >= 0.3 is 0 Å². The molecule has 3 rings (SSSR count). The SMILES string of the molecule is O=C(NCCc1ccncc1)c1ccc2nc[nH]c2c1. The molecule has 5 nitrogen and oxygen atoms in total. The summed E-state index contributed by atoms with van der Waals surface area (Å²) >= 11 is 0. The average Bonchev–Trinajstić information content (AvgIpc) is 2.95. The Hall–Kier alpha value is -2.69. The zero-order valence-corrected chi connectivity index (χ0v) is 10.8. The van der Waals surface area contributed by atoms with Crippen LogP contribution in [0.3, 0.4) is 0 Å². The molecule has 1 aromatic carbocycles. The van der Waals surface area contributed by atoms with Gasteiger partial charge in [-0.15, -0.1) is 0 Å². The second-order valence-electron chi connectivity index (χ2n) is 4.50. The monoisotopic (exact) mass is 266 g/mol. The smallest absolute Gasteiger partial charge is 0.251 e. The van der Waals surface area contributed by atoms with Gasteiger partial charge in [0.2, 0.25) is 0 Å². The third-order valence-electron chi connectivity index (χ3n) is 3.13. The minimum absolute atomic E-state index is 0.0736. The maximum Gasteiger partial charge on any atom is 0.251 e. The van der Waals surface area contributed by atoms with Gasteiger partial charge in [0.25, 0.3) is 5.91 Å². The van der Waals surface area contributed by atoms with Crippen LogP contribution >= 0.6 is 0 Å². The van der Waals surface area contributed by atoms with E-state index in [1.165, 1.54) is 0 Å². The van der Waals surface area contributed by atoms with Crippen molar-refractivity contribution in [3.05, 3.63) is 60.2 Å². The van der Waals surface area contributed by atoms with Crippen molar-refractivity contribution in [2.45, 2.75) is 6.42 Å². The van der Waals surface area contributed by atoms with E-state index in [4.69, 9.17) is 0 Å². The van der Waals surface area contributed by atoms with Gasteiger partial charge in [0.05, 0.1) is 17.4 Å². The number of rotatable bonds is 4. The van der Waals surface area contributed by atoms with Crippen molar-refractivity contribution in [2.24, 2.45) is 0 Å². The summed E-state index contributed by atoms with van der Waals surface area (Å²) in [7, 11) is 0. The van der Waals surface area contributed by atoms with E-state index in [-0.39, 0.29) is 5.91 Å². The third kappa shape index (κ3) is 2.66. The number of aromatic amines is 1. The topological polar surface area (TPSA) is 70.7 Å². The van der Waals surface area contributed by atoms with Gasteiger partial charge in [-0.3, -0.25) is 9.78 Å². The fourth-order valence-corrected chi connectivity index (χ4v) is 2.05. The van der Waals surface area contributed by atoms with Crippen molar-refractivity contribution in [3.63, 3.8) is 0 Å². The lowest BCUT2D eigenvalue weighted by atomic mass is 10.1. The second-order valence-corrected chi connectivity index (χ2v) is 4.50. The van der Waals surface area contributed by atoms with Crippen molar-refractivity contribution in [2.75, 3.05) is 6.54 Å². The molecule has 2 N–H and O–H groups in total. The molecule has 100 valence electrons. The summed E-state index contributed by atoms with van der Waals surface area (Å²) < 4.78 is 0. The molecule has 0 spiro atoms. The molecule has 2 heterocycles. The van der Waals surface area contributed by atoms with Gasteiger partial charge in [-0.05, 0) is 42.3 Å². The van der Waals surface area contributed by atoms with Gasteiger partial charge in [-0.25, -0.2) is 4.98 Å². The lowest BCUT2D eigenvalue weighted by molar-refractivity contribution is 0.0954. The first-order chi connectivity index (χ1) is 9.83. The number of nitrogens with one attached hydrogen (secondary N) is 2. The van der Waals surface area contributed by atoms with Gasteiger partial charge in [-0.1, -0.05) is 0 Å². The Morgan fingerprint density at radius 3 is 2.90 bits per heavy atom. The molecule has 0 aliphatic carbocycles. The number of carbonyl (C=O) groups excluding carboxylic acids is 1. The number of benzene rings is 1. The van der Waals surface area contributed by atoms with Crippen LogP contribution in [0.2, 0.25) is 0 Å². The molecule has 0 aliphatic rings. The molecule has 0 saturated heterocycles. The van der Waals surface area contributed by atoms with E-state index in [0.29, 0.717) is 12.1 Å². The van der Waals surface area contributed by atoms with Crippen LogP contribution in [0.5, 0.6) is 0 Å². The molecular formula is C15H14N4O. The second kappa shape index (κ2) is 5.52. The molecule has 0 atom stereocenters. The molecule has 0 unspecified atom stereocenters. The van der Waals surface area contributed by atoms with E-state index in [0.717, 1.165) is 23.0 Å². The summed E-state index contributed by atoms with van der Waals surface area (Å²) in [6.07, 6.45) is 5.92. The number of pyridine rings is 1. The fraction of sp³-hybridized carbons (Fsp3) is 0.133. The molecule has 3 aromatic rings. The number of fused-ring (bicyclic) bond motifs is 1. The Labute approximate surface area is 116 Å². The third-order valence-corrected chi connectivity index (χ3v) is 3.13. The van der Waals surface area contributed by atoms with Crippen LogP contribution < -0.4 is 5.32 Å². The first-order valence-electron chi connectivity index (χ1n) is 6.43. The molecule has 0 aliphatic heterocycles. The maximum absolute atomic E-state index is 12.0. The normalized spacial score (nSPS) is 10.6. The largest absolute Gasteiger partial charge is 0.352 e. The summed E-state index contributed by atoms with van der Waals surface area (Å²) in [5.74, 6) is -0.0736. The Bertz CT molecular complexity index is 721. The minimum atomic E-state index is -0.0736. The maximum atomic E-state index is 12.0. The summed E-state index contributed by atoms with van der Waals surface area (Å²) in [6.45, 7) is 0.601. The van der Waals surface area contributed by atoms with E-state index in [1.54, 1.807) is 24.8 Å². The predicted octanol–water partition coefficient (Wildman–Crippen LogP) is 1.93. The zero-order valence-electron chi connectivity index (χ0n) is 10.8. The highest BCUT2D eigenvalue weighted by atomic mass is 16.1. The van der Waals surface area contributed by atoms with Crippen molar-refractivity contribution >= 4 is 16.9 Å². The summed E-state index contributed by atoms with van der Waals surface area (Å²) in [4.78, 5) is 23.1. The number of aromatic nitrogens is 3. The van der Waals surface area contributed by atoms with Crippen molar-refractivity contribution < 1.29 is 4.79 Å². The van der Waals surface area contributed by atoms with Gasteiger partial charge in [0.1, 0.15) is 0 Å². The molecule has 1 amide bonds. The summed E-state index contributed by atoms with van der Waals surface area (Å²) in [5, 5.41) is 2.91. The van der Waals surface area contributed by atoms with Gasteiger partial charge in [0, 0.05) is 24.5 Å². The summed E-state index contributed by atoms with van der Waals surface area (Å²) in [6, 6.07) is 9.32. The predicted molar refractivity (Wildman–Crippen MR) is 76.4 cm³/mol. The lowest BCUT2D eigenvalue weighted by Gasteiger charge is -2.05. The zero-order chi connectivity index (χ0) is 13.8. The molecule has 0 radical (unpaired) electrons. The van der Waals surface area contributed by atoms with Crippen LogP contribution in [0.25, 0.3) is 11.0 Å². The molecule has 0 saturated carbocycles. The lowest BCUT2D eigenvalue weighted by Crippen LogP contribution is -2.25. The first-order valence-corrected chi connectivity index (χ1v) is 6.43. The van der Waals surface area contributed by atoms with Gasteiger partial charge in [-0.2, -0.15) is 0 Å². The van der Waals surface area contributed by atoms with Crippen LogP contribution in [0.15, 0.2) is 49.1 Å². The number of hydrogen-bond donors (Lipinski definition) is 2. The molecule has 0 fully saturated rings. The molecule has 2 aromatic heterocycles. The standard InChI is InChI=1S/C15H14N4O/c20-15(17-8-5-11-3-6-16-7-4-11)12-1-2-13-14(9-12)19-10-18-13/h1-4,6-7,9-10H,5,8H2,(H,17,20)(H,18,19). The molecule has 5 heteroatoms. The van der Waals surface area contributed by atoms with Crippen LogP contribution in [-0.2, 0) is 6.42 Å². The highest BCUT2D eigenvalue weighted by Gasteiger charge is 2.06. The molecule has 0 bridgehead atoms. The Balaban J connectivity index is 1.61. The van der Waals surface area contributed by atoms with Crippen LogP contribution in [0.1, 0.15) is 15.9 Å². The fourth-order valence-electron chi connectivity index (χ4n) is 2.05. The quantitative estimate of drug-likeness (QED) is 0.758. The highest BCUT2D eigenvalue weighted by Crippen LogP contribution is 2.11. The number of H-pyrrole nitrogens is 1. The number of carbonyl (C=O) groups is 1. The molecular weight excluding hydrogens is 252 g/mol. The van der Waals surface area contributed by atoms with Crippen molar-refractivity contribution in [3.8, 4) is 0 Å². The van der Waals surface area contributed by atoms with Crippen molar-refractivity contribution in [1.29, 1.82) is 0 Å². The van der Waals surface area contributed by atoms with Gasteiger partial charge < -0.3 is 10.3 Å². The number of amides is 1. The first kappa shape index (κ1) is 12.3. The van der Waals surface area contributed by atoms with Crippen molar-refractivity contribution in [1.82, 2.24) is 20.3 Å². The number of nitrogens with zero attached hydrogens (tertiary/aromatic N) is 2. The molecule has 20 heavy (non-hydrogen) atoms. The van der Waals surface area contributed by atoms with Crippen LogP contribution in [0.4, 0.5) is 0 Å². The Kier molecular flexibility index (Phi) is 3.41. The summed E-state index contributed by atoms with van der Waals surface area (Å²) in [5.41, 5.74) is 3.52. The van der Waals surface area contributed by atoms with Crippen LogP contribution in [-0.4, -0.2) is 27.4 Å². The number of hydrogen-bond acceptors (Lipinski definition) is 3. The van der Waals surface area contributed by atoms with E-state index >= 15 is 0 Å². The number of imidazole rings is 1.